The Balaban J connectivity index is 3.11. The second kappa shape index (κ2) is 8.35. The number of rotatable bonds is 7. The standard InChI is InChI=1S/C18H30O4/c1-6-7-11-18(17(20)22-14(4)5)12-9-8-10-15(18)16(19)21-13(2)3/h9,12-15H,6-8,10-11H2,1-5H3. The molecule has 0 amide bonds. The number of ether oxygens (including phenoxy) is 2. The number of allylic oxidation sites excluding steroid dienone is 1. The van der Waals surface area contributed by atoms with Gasteiger partial charge in [0.05, 0.1) is 23.5 Å². The van der Waals surface area contributed by atoms with Crippen LogP contribution in [0.15, 0.2) is 12.2 Å². The smallest absolute Gasteiger partial charge is 0.317 e. The van der Waals surface area contributed by atoms with Crippen LogP contribution in [0.1, 0.15) is 66.7 Å². The van der Waals surface area contributed by atoms with Crippen molar-refractivity contribution in [2.24, 2.45) is 11.3 Å². The Kier molecular flexibility index (Phi) is 7.11. The molecule has 2 atom stereocenters. The van der Waals surface area contributed by atoms with Crippen molar-refractivity contribution in [3.8, 4) is 0 Å². The van der Waals surface area contributed by atoms with Crippen molar-refractivity contribution in [1.82, 2.24) is 0 Å². The zero-order chi connectivity index (χ0) is 16.8. The van der Waals surface area contributed by atoms with E-state index in [1.807, 2.05) is 39.8 Å². The Morgan fingerprint density at radius 3 is 2.36 bits per heavy atom. The van der Waals surface area contributed by atoms with Crippen molar-refractivity contribution >= 4 is 11.9 Å². The number of hydrogen-bond donors (Lipinski definition) is 0. The van der Waals surface area contributed by atoms with Crippen LogP contribution in [0.2, 0.25) is 0 Å². The SMILES string of the molecule is CCCCC1(C(=O)OC(C)C)C=CCCC1C(=O)OC(C)C. The monoisotopic (exact) mass is 310 g/mol. The molecule has 0 saturated heterocycles. The maximum atomic E-state index is 12.8. The fourth-order valence-corrected chi connectivity index (χ4v) is 2.94. The summed E-state index contributed by atoms with van der Waals surface area (Å²) in [5.74, 6) is -1.02. The first kappa shape index (κ1) is 18.7. The summed E-state index contributed by atoms with van der Waals surface area (Å²) < 4.78 is 10.9. The summed E-state index contributed by atoms with van der Waals surface area (Å²) in [6, 6.07) is 0. The largest absolute Gasteiger partial charge is 0.463 e. The number of carbonyl (C=O) groups is 2. The maximum Gasteiger partial charge on any atom is 0.317 e. The van der Waals surface area contributed by atoms with Gasteiger partial charge in [-0.3, -0.25) is 9.59 Å². The van der Waals surface area contributed by atoms with E-state index in [0.717, 1.165) is 19.3 Å². The molecule has 22 heavy (non-hydrogen) atoms. The molecular formula is C18H30O4. The summed E-state index contributed by atoms with van der Waals surface area (Å²) in [6.07, 6.45) is 7.42. The van der Waals surface area contributed by atoms with E-state index in [9.17, 15) is 9.59 Å². The predicted octanol–water partition coefficient (Wildman–Crippen LogP) is 4.03. The second-order valence-corrected chi connectivity index (χ2v) is 6.62. The van der Waals surface area contributed by atoms with Crippen LogP contribution in [-0.4, -0.2) is 24.1 Å². The molecule has 0 fully saturated rings. The lowest BCUT2D eigenvalue weighted by atomic mass is 9.67. The molecule has 0 aromatic heterocycles. The summed E-state index contributed by atoms with van der Waals surface area (Å²) in [5, 5.41) is 0. The van der Waals surface area contributed by atoms with Crippen LogP contribution in [0.3, 0.4) is 0 Å². The lowest BCUT2D eigenvalue weighted by molar-refractivity contribution is -0.172. The van der Waals surface area contributed by atoms with Gasteiger partial charge in [-0.1, -0.05) is 31.9 Å². The van der Waals surface area contributed by atoms with Gasteiger partial charge in [-0.25, -0.2) is 0 Å². The molecule has 1 aliphatic carbocycles. The Labute approximate surface area is 134 Å². The van der Waals surface area contributed by atoms with Gasteiger partial charge in [0.15, 0.2) is 0 Å². The average molecular weight is 310 g/mol. The van der Waals surface area contributed by atoms with Gasteiger partial charge in [-0.05, 0) is 47.0 Å². The van der Waals surface area contributed by atoms with Crippen LogP contribution in [0.5, 0.6) is 0 Å². The number of hydrogen-bond acceptors (Lipinski definition) is 4. The molecule has 1 aliphatic rings. The highest BCUT2D eigenvalue weighted by Gasteiger charge is 2.50. The molecule has 0 N–H and O–H groups in total. The van der Waals surface area contributed by atoms with Crippen molar-refractivity contribution in [2.75, 3.05) is 0 Å². The first-order chi connectivity index (χ1) is 10.3. The van der Waals surface area contributed by atoms with Crippen LogP contribution in [-0.2, 0) is 19.1 Å². The van der Waals surface area contributed by atoms with E-state index in [1.165, 1.54) is 0 Å². The predicted molar refractivity (Wildman–Crippen MR) is 86.3 cm³/mol. The van der Waals surface area contributed by atoms with Gasteiger partial charge >= 0.3 is 11.9 Å². The fraction of sp³-hybridized carbons (Fsp3) is 0.778. The van der Waals surface area contributed by atoms with E-state index in [1.54, 1.807) is 0 Å². The van der Waals surface area contributed by atoms with Crippen LogP contribution < -0.4 is 0 Å². The zero-order valence-electron chi connectivity index (χ0n) is 14.6. The third-order valence-corrected chi connectivity index (χ3v) is 3.96. The molecule has 0 spiro atoms. The molecule has 0 saturated carbocycles. The molecule has 0 bridgehead atoms. The molecule has 2 unspecified atom stereocenters. The quantitative estimate of drug-likeness (QED) is 0.526. The third-order valence-electron chi connectivity index (χ3n) is 3.96. The minimum atomic E-state index is -0.871. The minimum absolute atomic E-state index is 0.177. The van der Waals surface area contributed by atoms with E-state index in [2.05, 4.69) is 6.92 Å². The summed E-state index contributed by atoms with van der Waals surface area (Å²) in [5.41, 5.74) is -0.871. The molecule has 0 radical (unpaired) electrons. The van der Waals surface area contributed by atoms with E-state index in [4.69, 9.17) is 9.47 Å². The lowest BCUT2D eigenvalue weighted by Crippen LogP contribution is -2.45. The normalized spacial score (nSPS) is 24.6. The average Bonchev–Trinajstić information content (AvgIpc) is 2.43. The van der Waals surface area contributed by atoms with Gasteiger partial charge in [-0.2, -0.15) is 0 Å². The molecular weight excluding hydrogens is 280 g/mol. The number of esters is 2. The Hall–Kier alpha value is -1.32. The highest BCUT2D eigenvalue weighted by atomic mass is 16.6. The highest BCUT2D eigenvalue weighted by molar-refractivity contribution is 5.87. The van der Waals surface area contributed by atoms with Gasteiger partial charge in [0, 0.05) is 0 Å². The van der Waals surface area contributed by atoms with Gasteiger partial charge in [-0.15, -0.1) is 0 Å². The van der Waals surface area contributed by atoms with Gasteiger partial charge in [0.2, 0.25) is 0 Å². The van der Waals surface area contributed by atoms with Crippen LogP contribution in [0.25, 0.3) is 0 Å². The molecule has 0 aliphatic heterocycles. The Bertz CT molecular complexity index is 411. The Morgan fingerprint density at radius 1 is 1.18 bits per heavy atom. The summed E-state index contributed by atoms with van der Waals surface area (Å²) in [4.78, 5) is 25.3. The van der Waals surface area contributed by atoms with Gasteiger partial charge in [0.1, 0.15) is 0 Å². The first-order valence-corrected chi connectivity index (χ1v) is 8.42. The number of carbonyl (C=O) groups excluding carboxylic acids is 2. The second-order valence-electron chi connectivity index (χ2n) is 6.62. The molecule has 0 heterocycles. The van der Waals surface area contributed by atoms with Crippen LogP contribution in [0, 0.1) is 11.3 Å². The molecule has 4 heteroatoms. The number of unbranched alkanes of at least 4 members (excludes halogenated alkanes) is 1. The van der Waals surface area contributed by atoms with Crippen molar-refractivity contribution in [3.05, 3.63) is 12.2 Å². The molecule has 4 nitrogen and oxygen atoms in total. The molecule has 0 aromatic rings. The third kappa shape index (κ3) is 4.59. The Morgan fingerprint density at radius 2 is 1.82 bits per heavy atom. The van der Waals surface area contributed by atoms with Crippen LogP contribution >= 0.6 is 0 Å². The summed E-state index contributed by atoms with van der Waals surface area (Å²) >= 11 is 0. The van der Waals surface area contributed by atoms with Crippen molar-refractivity contribution in [3.63, 3.8) is 0 Å². The van der Waals surface area contributed by atoms with E-state index in [0.29, 0.717) is 12.8 Å². The lowest BCUT2D eigenvalue weighted by Gasteiger charge is -2.38. The van der Waals surface area contributed by atoms with Gasteiger partial charge < -0.3 is 9.47 Å². The summed E-state index contributed by atoms with van der Waals surface area (Å²) in [6.45, 7) is 9.40. The van der Waals surface area contributed by atoms with E-state index >= 15 is 0 Å². The summed E-state index contributed by atoms with van der Waals surface area (Å²) in [7, 11) is 0. The van der Waals surface area contributed by atoms with Gasteiger partial charge in [0.25, 0.3) is 0 Å². The van der Waals surface area contributed by atoms with Crippen molar-refractivity contribution in [2.45, 2.75) is 78.9 Å². The topological polar surface area (TPSA) is 52.6 Å². The van der Waals surface area contributed by atoms with Crippen LogP contribution in [0.4, 0.5) is 0 Å². The molecule has 1 rings (SSSR count). The first-order valence-electron chi connectivity index (χ1n) is 8.42. The van der Waals surface area contributed by atoms with Crippen molar-refractivity contribution < 1.29 is 19.1 Å². The maximum absolute atomic E-state index is 12.8. The highest BCUT2D eigenvalue weighted by Crippen LogP contribution is 2.43. The zero-order valence-corrected chi connectivity index (χ0v) is 14.6. The van der Waals surface area contributed by atoms with E-state index < -0.39 is 11.3 Å². The molecule has 0 aromatic carbocycles. The fourth-order valence-electron chi connectivity index (χ4n) is 2.94. The minimum Gasteiger partial charge on any atom is -0.463 e. The molecule has 126 valence electrons. The van der Waals surface area contributed by atoms with Crippen molar-refractivity contribution in [1.29, 1.82) is 0 Å². The van der Waals surface area contributed by atoms with E-state index in [-0.39, 0.29) is 24.1 Å².